The molecular weight excluding hydrogens is 440 g/mol. The van der Waals surface area contributed by atoms with Gasteiger partial charge in [-0.15, -0.1) is 11.8 Å². The summed E-state index contributed by atoms with van der Waals surface area (Å²) >= 11 is 3.04. The largest absolute Gasteiger partial charge is 0.468 e. The second kappa shape index (κ2) is 11.9. The molecule has 0 aliphatic rings. The number of pyridine rings is 1. The van der Waals surface area contributed by atoms with Crippen LogP contribution in [0.25, 0.3) is 11.1 Å². The molecule has 0 saturated heterocycles. The van der Waals surface area contributed by atoms with E-state index in [4.69, 9.17) is 10.5 Å². The highest BCUT2D eigenvalue weighted by Gasteiger charge is 2.28. The number of carbonyl (C=O) groups excluding carboxylic acids is 2. The predicted molar refractivity (Wildman–Crippen MR) is 132 cm³/mol. The number of benzene rings is 2. The molecule has 0 spiro atoms. The molecule has 3 aromatic rings. The molecule has 0 fully saturated rings. The summed E-state index contributed by atoms with van der Waals surface area (Å²) in [6.07, 6.45) is 3.85. The molecule has 3 rings (SSSR count). The van der Waals surface area contributed by atoms with Crippen molar-refractivity contribution in [1.29, 1.82) is 0 Å². The Labute approximate surface area is 197 Å². The molecule has 32 heavy (non-hydrogen) atoms. The average molecular weight is 467 g/mol. The third-order valence-electron chi connectivity index (χ3n) is 5.00. The highest BCUT2D eigenvalue weighted by molar-refractivity contribution is 8.00. The summed E-state index contributed by atoms with van der Waals surface area (Å²) in [5.74, 6) is 0.133. The van der Waals surface area contributed by atoms with Crippen molar-refractivity contribution in [1.82, 2.24) is 4.98 Å². The third-order valence-corrected chi connectivity index (χ3v) is 7.07. The molecule has 0 saturated carbocycles. The Kier molecular flexibility index (Phi) is 8.90. The van der Waals surface area contributed by atoms with E-state index in [9.17, 15) is 9.59 Å². The first-order valence-electron chi connectivity index (χ1n) is 10.2. The van der Waals surface area contributed by atoms with Gasteiger partial charge < -0.3 is 10.5 Å². The van der Waals surface area contributed by atoms with Gasteiger partial charge in [-0.25, -0.2) is 0 Å². The maximum absolute atomic E-state index is 13.6. The summed E-state index contributed by atoms with van der Waals surface area (Å²) in [6, 6.07) is 20.7. The van der Waals surface area contributed by atoms with Crippen molar-refractivity contribution in [3.63, 3.8) is 0 Å². The number of esters is 1. The van der Waals surface area contributed by atoms with Crippen LogP contribution in [-0.4, -0.2) is 41.4 Å². The SMILES string of the molecule is COC(=O)[C@@H](N)CC(SC)C(=O)c1cccc(SCc2ccccn2)c1-c1ccccc1. The summed E-state index contributed by atoms with van der Waals surface area (Å²) < 4.78 is 4.74. The topological polar surface area (TPSA) is 82.3 Å². The van der Waals surface area contributed by atoms with Gasteiger partial charge >= 0.3 is 5.97 Å². The predicted octanol–water partition coefficient (Wildman–Crippen LogP) is 4.85. The number of ether oxygens (including phenoxy) is 1. The fourth-order valence-corrected chi connectivity index (χ4v) is 5.12. The number of carbonyl (C=O) groups is 2. The van der Waals surface area contributed by atoms with E-state index >= 15 is 0 Å². The molecule has 0 aliphatic heterocycles. The summed E-state index contributed by atoms with van der Waals surface area (Å²) in [7, 11) is 1.30. The number of nitrogens with zero attached hydrogens (tertiary/aromatic N) is 1. The fourth-order valence-electron chi connectivity index (χ4n) is 3.36. The second-order valence-corrected chi connectivity index (χ2v) is 9.17. The molecule has 1 unspecified atom stereocenters. The highest BCUT2D eigenvalue weighted by Crippen LogP contribution is 2.37. The number of hydrogen-bond acceptors (Lipinski definition) is 7. The smallest absolute Gasteiger partial charge is 0.322 e. The quantitative estimate of drug-likeness (QED) is 0.260. The Balaban J connectivity index is 1.97. The first kappa shape index (κ1) is 24.0. The van der Waals surface area contributed by atoms with Gasteiger partial charge in [0, 0.05) is 28.0 Å². The Bertz CT molecular complexity index is 1050. The summed E-state index contributed by atoms with van der Waals surface area (Å²) in [4.78, 5) is 30.8. The number of Topliss-reactive ketones (excluding diaryl/α,β-unsaturated/α-hetero) is 1. The van der Waals surface area contributed by atoms with Crippen LogP contribution in [0.1, 0.15) is 22.5 Å². The van der Waals surface area contributed by atoms with E-state index in [-0.39, 0.29) is 12.2 Å². The number of methoxy groups -OCH3 is 1. The number of thioether (sulfide) groups is 2. The van der Waals surface area contributed by atoms with Crippen molar-refractivity contribution in [2.45, 2.75) is 28.4 Å². The van der Waals surface area contributed by atoms with Crippen molar-refractivity contribution in [2.75, 3.05) is 13.4 Å². The van der Waals surface area contributed by atoms with Gasteiger partial charge in [0.1, 0.15) is 6.04 Å². The molecule has 7 heteroatoms. The molecule has 5 nitrogen and oxygen atoms in total. The van der Waals surface area contributed by atoms with Crippen LogP contribution in [0.5, 0.6) is 0 Å². The zero-order valence-electron chi connectivity index (χ0n) is 18.1. The van der Waals surface area contributed by atoms with E-state index in [1.807, 2.05) is 73.0 Å². The van der Waals surface area contributed by atoms with Gasteiger partial charge in [0.15, 0.2) is 5.78 Å². The van der Waals surface area contributed by atoms with Crippen molar-refractivity contribution < 1.29 is 14.3 Å². The van der Waals surface area contributed by atoms with Crippen LogP contribution in [0.3, 0.4) is 0 Å². The van der Waals surface area contributed by atoms with Crippen LogP contribution in [0.4, 0.5) is 0 Å². The monoisotopic (exact) mass is 466 g/mol. The van der Waals surface area contributed by atoms with Crippen LogP contribution in [0, 0.1) is 0 Å². The van der Waals surface area contributed by atoms with Crippen molar-refractivity contribution >= 4 is 35.3 Å². The molecule has 2 atom stereocenters. The van der Waals surface area contributed by atoms with E-state index in [1.54, 1.807) is 18.0 Å². The minimum Gasteiger partial charge on any atom is -0.468 e. The summed E-state index contributed by atoms with van der Waals surface area (Å²) in [5, 5.41) is -0.456. The van der Waals surface area contributed by atoms with E-state index in [0.717, 1.165) is 21.7 Å². The third kappa shape index (κ3) is 6.00. The minimum atomic E-state index is -0.844. The summed E-state index contributed by atoms with van der Waals surface area (Å²) in [5.41, 5.74) is 9.42. The van der Waals surface area contributed by atoms with E-state index < -0.39 is 17.3 Å². The zero-order chi connectivity index (χ0) is 22.9. The molecule has 1 heterocycles. The Morgan fingerprint density at radius 2 is 1.78 bits per heavy atom. The second-order valence-electron chi connectivity index (χ2n) is 7.11. The Morgan fingerprint density at radius 3 is 2.44 bits per heavy atom. The molecule has 2 N–H and O–H groups in total. The Hall–Kier alpha value is -2.61. The molecule has 0 bridgehead atoms. The lowest BCUT2D eigenvalue weighted by Crippen LogP contribution is -2.36. The van der Waals surface area contributed by atoms with Gasteiger partial charge in [0.2, 0.25) is 0 Å². The first-order chi connectivity index (χ1) is 15.5. The van der Waals surface area contributed by atoms with E-state index in [1.165, 1.54) is 18.9 Å². The molecular formula is C25H26N2O3S2. The van der Waals surface area contributed by atoms with Crippen molar-refractivity contribution in [3.8, 4) is 11.1 Å². The minimum absolute atomic E-state index is 0.0454. The molecule has 1 aromatic heterocycles. The van der Waals surface area contributed by atoms with E-state index in [0.29, 0.717) is 11.3 Å². The van der Waals surface area contributed by atoms with Crippen molar-refractivity contribution in [2.24, 2.45) is 5.73 Å². The van der Waals surface area contributed by atoms with Gasteiger partial charge in [0.05, 0.1) is 18.1 Å². The lowest BCUT2D eigenvalue weighted by atomic mass is 9.94. The van der Waals surface area contributed by atoms with Crippen molar-refractivity contribution in [3.05, 3.63) is 84.2 Å². The van der Waals surface area contributed by atoms with E-state index in [2.05, 4.69) is 4.98 Å². The van der Waals surface area contributed by atoms with Crippen LogP contribution >= 0.6 is 23.5 Å². The molecule has 2 aromatic carbocycles. The van der Waals surface area contributed by atoms with Gasteiger partial charge in [-0.05, 0) is 36.4 Å². The number of nitrogens with two attached hydrogens (primary N) is 1. The lowest BCUT2D eigenvalue weighted by molar-refractivity contribution is -0.142. The molecule has 0 aliphatic carbocycles. The zero-order valence-corrected chi connectivity index (χ0v) is 19.7. The average Bonchev–Trinajstić information content (AvgIpc) is 2.85. The summed E-state index contributed by atoms with van der Waals surface area (Å²) in [6.45, 7) is 0. The first-order valence-corrected chi connectivity index (χ1v) is 12.4. The van der Waals surface area contributed by atoms with Crippen LogP contribution in [-0.2, 0) is 15.3 Å². The molecule has 166 valence electrons. The van der Waals surface area contributed by atoms with Crippen LogP contribution in [0.2, 0.25) is 0 Å². The lowest BCUT2D eigenvalue weighted by Gasteiger charge is -2.20. The van der Waals surface area contributed by atoms with Gasteiger partial charge in [-0.3, -0.25) is 14.6 Å². The van der Waals surface area contributed by atoms with Gasteiger partial charge in [-0.2, -0.15) is 11.8 Å². The van der Waals surface area contributed by atoms with Gasteiger partial charge in [-0.1, -0.05) is 48.5 Å². The number of rotatable bonds is 10. The van der Waals surface area contributed by atoms with Gasteiger partial charge in [0.25, 0.3) is 0 Å². The van der Waals surface area contributed by atoms with Crippen LogP contribution in [0.15, 0.2) is 77.8 Å². The van der Waals surface area contributed by atoms with Crippen LogP contribution < -0.4 is 5.73 Å². The number of aromatic nitrogens is 1. The Morgan fingerprint density at radius 1 is 1.03 bits per heavy atom. The fraction of sp³-hybridized carbons (Fsp3) is 0.240. The molecule has 0 radical (unpaired) electrons. The maximum atomic E-state index is 13.6. The maximum Gasteiger partial charge on any atom is 0.322 e. The standard InChI is InChI=1S/C25H26N2O3S2/c1-30-25(29)20(26)15-22(31-2)24(28)19-12-8-13-21(23(19)17-9-4-3-5-10-17)32-16-18-11-6-7-14-27-18/h3-14,20,22H,15-16,26H2,1-2H3/t20-,22?/m0/s1. The number of hydrogen-bond donors (Lipinski definition) is 1. The normalized spacial score (nSPS) is 12.7. The highest BCUT2D eigenvalue weighted by atomic mass is 32.2. The molecule has 0 amide bonds. The number of ketones is 1.